The third kappa shape index (κ3) is 3.09. The van der Waals surface area contributed by atoms with Crippen LogP contribution >= 0.6 is 0 Å². The van der Waals surface area contributed by atoms with E-state index in [0.29, 0.717) is 24.6 Å². The number of para-hydroxylation sites is 1. The van der Waals surface area contributed by atoms with E-state index in [1.54, 1.807) is 4.90 Å². The minimum Gasteiger partial charge on any atom is -0.481 e. The molecule has 148 valence electrons. The van der Waals surface area contributed by atoms with Crippen LogP contribution in [-0.2, 0) is 4.79 Å². The molecule has 1 aliphatic carbocycles. The number of imidazole rings is 1. The Hall–Kier alpha value is -3.15. The number of amides is 1. The second-order valence-electron chi connectivity index (χ2n) is 8.19. The van der Waals surface area contributed by atoms with E-state index in [1.807, 2.05) is 55.5 Å². The first kappa shape index (κ1) is 17.9. The number of nitrogens with zero attached hydrogens (tertiary/aromatic N) is 3. The molecule has 3 aromatic rings. The van der Waals surface area contributed by atoms with Gasteiger partial charge in [-0.3, -0.25) is 14.2 Å². The van der Waals surface area contributed by atoms with Crippen LogP contribution in [0.25, 0.3) is 16.7 Å². The van der Waals surface area contributed by atoms with Crippen LogP contribution in [-0.4, -0.2) is 44.5 Å². The number of rotatable bonds is 4. The molecule has 0 spiro atoms. The summed E-state index contributed by atoms with van der Waals surface area (Å²) in [6.45, 7) is 2.79. The van der Waals surface area contributed by atoms with Gasteiger partial charge in [0, 0.05) is 24.3 Å². The van der Waals surface area contributed by atoms with Gasteiger partial charge in [-0.15, -0.1) is 0 Å². The van der Waals surface area contributed by atoms with Crippen molar-refractivity contribution in [3.05, 3.63) is 59.9 Å². The molecular formula is C23H23N3O3. The van der Waals surface area contributed by atoms with E-state index >= 15 is 0 Å². The molecule has 2 heterocycles. The second-order valence-corrected chi connectivity index (χ2v) is 8.19. The van der Waals surface area contributed by atoms with Gasteiger partial charge in [0.2, 0.25) is 0 Å². The van der Waals surface area contributed by atoms with Crippen LogP contribution in [0.5, 0.6) is 0 Å². The topological polar surface area (TPSA) is 75.4 Å². The molecule has 1 saturated carbocycles. The summed E-state index contributed by atoms with van der Waals surface area (Å²) in [5.41, 5.74) is 3.31. The van der Waals surface area contributed by atoms with Crippen molar-refractivity contribution in [3.8, 4) is 5.69 Å². The Morgan fingerprint density at radius 1 is 1.07 bits per heavy atom. The van der Waals surface area contributed by atoms with Crippen molar-refractivity contribution in [2.24, 2.45) is 17.8 Å². The molecule has 1 aromatic heterocycles. The summed E-state index contributed by atoms with van der Waals surface area (Å²) in [6.07, 6.45) is 2.16. The predicted molar refractivity (Wildman–Crippen MR) is 109 cm³/mol. The van der Waals surface area contributed by atoms with Gasteiger partial charge in [-0.2, -0.15) is 0 Å². The molecule has 2 atom stereocenters. The summed E-state index contributed by atoms with van der Waals surface area (Å²) in [7, 11) is 0. The van der Waals surface area contributed by atoms with Crippen LogP contribution < -0.4 is 0 Å². The third-order valence-corrected chi connectivity index (χ3v) is 6.28. The van der Waals surface area contributed by atoms with Crippen LogP contribution in [0.1, 0.15) is 29.0 Å². The van der Waals surface area contributed by atoms with Crippen LogP contribution in [0.2, 0.25) is 0 Å². The van der Waals surface area contributed by atoms with Gasteiger partial charge < -0.3 is 10.0 Å². The summed E-state index contributed by atoms with van der Waals surface area (Å²) in [6, 6.07) is 15.6. The van der Waals surface area contributed by atoms with Gasteiger partial charge in [0.05, 0.1) is 17.0 Å². The number of carboxylic acids is 1. The lowest BCUT2D eigenvalue weighted by atomic mass is 9.92. The number of carboxylic acid groups (broad SMARTS) is 1. The first-order valence-corrected chi connectivity index (χ1v) is 10.1. The molecule has 1 N–H and O–H groups in total. The SMILES string of the molecule is Cc1nc2cc(C(=O)N3C[C@H](C(=O)O)[C@@H](C4CC4)C3)ccc2n1-c1ccccc1. The van der Waals surface area contributed by atoms with E-state index in [0.717, 1.165) is 35.4 Å². The van der Waals surface area contributed by atoms with E-state index in [2.05, 4.69) is 9.55 Å². The summed E-state index contributed by atoms with van der Waals surface area (Å²) in [5.74, 6) is 0.0600. The van der Waals surface area contributed by atoms with Gasteiger partial charge in [-0.05, 0) is 61.9 Å². The van der Waals surface area contributed by atoms with Crippen molar-refractivity contribution in [1.82, 2.24) is 14.5 Å². The van der Waals surface area contributed by atoms with Gasteiger partial charge >= 0.3 is 5.97 Å². The number of fused-ring (bicyclic) bond motifs is 1. The highest BCUT2D eigenvalue weighted by atomic mass is 16.4. The molecule has 6 heteroatoms. The van der Waals surface area contributed by atoms with Gasteiger partial charge in [-0.25, -0.2) is 4.98 Å². The molecule has 1 amide bonds. The van der Waals surface area contributed by atoms with Crippen molar-refractivity contribution < 1.29 is 14.7 Å². The Labute approximate surface area is 168 Å². The Balaban J connectivity index is 1.45. The zero-order valence-electron chi connectivity index (χ0n) is 16.3. The number of aromatic nitrogens is 2. The fourth-order valence-electron chi connectivity index (χ4n) is 4.68. The molecule has 29 heavy (non-hydrogen) atoms. The molecule has 2 fully saturated rings. The monoisotopic (exact) mass is 389 g/mol. The van der Waals surface area contributed by atoms with Crippen molar-refractivity contribution in [3.63, 3.8) is 0 Å². The Bertz CT molecular complexity index is 1100. The highest BCUT2D eigenvalue weighted by molar-refractivity contribution is 5.98. The fourth-order valence-corrected chi connectivity index (χ4v) is 4.68. The lowest BCUT2D eigenvalue weighted by Crippen LogP contribution is -2.29. The predicted octanol–water partition coefficient (Wildman–Crippen LogP) is 3.52. The largest absolute Gasteiger partial charge is 0.481 e. The van der Waals surface area contributed by atoms with Crippen LogP contribution in [0.4, 0.5) is 0 Å². The van der Waals surface area contributed by atoms with Crippen molar-refractivity contribution in [2.75, 3.05) is 13.1 Å². The molecule has 2 aromatic carbocycles. The average Bonchev–Trinajstić information content (AvgIpc) is 3.37. The zero-order valence-corrected chi connectivity index (χ0v) is 16.3. The Kier molecular flexibility index (Phi) is 4.15. The number of carbonyl (C=O) groups is 2. The van der Waals surface area contributed by atoms with Gasteiger partial charge in [0.1, 0.15) is 5.82 Å². The van der Waals surface area contributed by atoms with E-state index < -0.39 is 11.9 Å². The lowest BCUT2D eigenvalue weighted by molar-refractivity contribution is -0.142. The smallest absolute Gasteiger partial charge is 0.308 e. The zero-order chi connectivity index (χ0) is 20.1. The summed E-state index contributed by atoms with van der Waals surface area (Å²) in [4.78, 5) is 31.1. The lowest BCUT2D eigenvalue weighted by Gasteiger charge is -2.16. The number of aliphatic carboxylic acids is 1. The van der Waals surface area contributed by atoms with Crippen LogP contribution in [0.15, 0.2) is 48.5 Å². The molecule has 0 unspecified atom stereocenters. The molecular weight excluding hydrogens is 366 g/mol. The number of aryl methyl sites for hydroxylation is 1. The standard InChI is InChI=1S/C23H23N3O3/c1-14-24-20-11-16(9-10-21(20)26(14)17-5-3-2-4-6-17)22(27)25-12-18(15-7-8-15)19(13-25)23(28)29/h2-6,9-11,15,18-19H,7-8,12-13H2,1H3,(H,28,29)/t18-,19+/m1/s1. The maximum absolute atomic E-state index is 13.1. The molecule has 0 radical (unpaired) electrons. The highest BCUT2D eigenvalue weighted by Crippen LogP contribution is 2.44. The van der Waals surface area contributed by atoms with E-state index in [-0.39, 0.29) is 11.8 Å². The molecule has 6 nitrogen and oxygen atoms in total. The van der Waals surface area contributed by atoms with E-state index in [9.17, 15) is 14.7 Å². The first-order chi connectivity index (χ1) is 14.0. The van der Waals surface area contributed by atoms with Gasteiger partial charge in [0.15, 0.2) is 0 Å². The molecule has 5 rings (SSSR count). The third-order valence-electron chi connectivity index (χ3n) is 6.28. The van der Waals surface area contributed by atoms with E-state index in [4.69, 9.17) is 0 Å². The summed E-state index contributed by atoms with van der Waals surface area (Å²) >= 11 is 0. The maximum atomic E-state index is 13.1. The molecule has 1 saturated heterocycles. The number of carbonyl (C=O) groups excluding carboxylic acids is 1. The Morgan fingerprint density at radius 3 is 2.52 bits per heavy atom. The van der Waals surface area contributed by atoms with Crippen molar-refractivity contribution in [2.45, 2.75) is 19.8 Å². The second kappa shape index (κ2) is 6.72. The van der Waals surface area contributed by atoms with Gasteiger partial charge in [0.25, 0.3) is 5.91 Å². The number of benzene rings is 2. The van der Waals surface area contributed by atoms with Crippen LogP contribution in [0.3, 0.4) is 0 Å². The summed E-state index contributed by atoms with van der Waals surface area (Å²) < 4.78 is 2.07. The quantitative estimate of drug-likeness (QED) is 0.741. The average molecular weight is 389 g/mol. The summed E-state index contributed by atoms with van der Waals surface area (Å²) in [5, 5.41) is 9.56. The minimum atomic E-state index is -0.787. The molecule has 1 aliphatic heterocycles. The van der Waals surface area contributed by atoms with Crippen molar-refractivity contribution in [1.29, 1.82) is 0 Å². The maximum Gasteiger partial charge on any atom is 0.308 e. The van der Waals surface area contributed by atoms with E-state index in [1.165, 1.54) is 0 Å². The number of hydrogen-bond donors (Lipinski definition) is 1. The van der Waals surface area contributed by atoms with Crippen molar-refractivity contribution >= 4 is 22.9 Å². The number of hydrogen-bond acceptors (Lipinski definition) is 3. The Morgan fingerprint density at radius 2 is 1.83 bits per heavy atom. The molecule has 0 bridgehead atoms. The fraction of sp³-hybridized carbons (Fsp3) is 0.348. The highest BCUT2D eigenvalue weighted by Gasteiger charge is 2.46. The molecule has 2 aliphatic rings. The number of likely N-dealkylation sites (tertiary alicyclic amines) is 1. The van der Waals surface area contributed by atoms with Crippen LogP contribution in [0, 0.1) is 24.7 Å². The van der Waals surface area contributed by atoms with Gasteiger partial charge in [-0.1, -0.05) is 18.2 Å². The minimum absolute atomic E-state index is 0.0831. The first-order valence-electron chi connectivity index (χ1n) is 10.1. The normalized spacial score (nSPS) is 21.6.